The van der Waals surface area contributed by atoms with E-state index in [1.54, 1.807) is 11.3 Å². The van der Waals surface area contributed by atoms with Crippen molar-refractivity contribution < 1.29 is 0 Å². The van der Waals surface area contributed by atoms with Crippen LogP contribution in [-0.4, -0.2) is 14.8 Å². The first-order chi connectivity index (χ1) is 12.8. The van der Waals surface area contributed by atoms with Crippen molar-refractivity contribution in [2.75, 3.05) is 0 Å². The lowest BCUT2D eigenvalue weighted by atomic mass is 9.97. The van der Waals surface area contributed by atoms with Crippen molar-refractivity contribution in [1.82, 2.24) is 14.8 Å². The van der Waals surface area contributed by atoms with Crippen LogP contribution < -0.4 is 0 Å². The number of hydrogen-bond acceptors (Lipinski definition) is 3. The third kappa shape index (κ3) is 3.87. The first-order valence-electron chi connectivity index (χ1n) is 9.29. The van der Waals surface area contributed by atoms with E-state index >= 15 is 0 Å². The van der Waals surface area contributed by atoms with E-state index in [4.69, 9.17) is 11.6 Å². The van der Waals surface area contributed by atoms with Gasteiger partial charge in [0.25, 0.3) is 0 Å². The predicted molar refractivity (Wildman–Crippen MR) is 116 cm³/mol. The van der Waals surface area contributed by atoms with Gasteiger partial charge in [-0.25, -0.2) is 0 Å². The maximum Gasteiger partial charge on any atom is 0.138 e. The van der Waals surface area contributed by atoms with Gasteiger partial charge in [-0.1, -0.05) is 50.6 Å². The van der Waals surface area contributed by atoms with E-state index in [1.807, 2.05) is 31.2 Å². The van der Waals surface area contributed by atoms with Gasteiger partial charge in [-0.3, -0.25) is 4.57 Å². The Morgan fingerprint density at radius 3 is 2.48 bits per heavy atom. The molecule has 0 aliphatic carbocycles. The topological polar surface area (TPSA) is 30.7 Å². The number of rotatable bonds is 6. The van der Waals surface area contributed by atoms with Crippen LogP contribution in [0.1, 0.15) is 53.5 Å². The van der Waals surface area contributed by atoms with Crippen molar-refractivity contribution in [2.45, 2.75) is 47.5 Å². The molecule has 5 heteroatoms. The van der Waals surface area contributed by atoms with E-state index in [0.29, 0.717) is 5.92 Å². The molecule has 0 saturated carbocycles. The van der Waals surface area contributed by atoms with Gasteiger partial charge in [0, 0.05) is 21.9 Å². The molecular formula is C22H26ClN3S. The number of benzene rings is 1. The van der Waals surface area contributed by atoms with E-state index in [-0.39, 0.29) is 0 Å². The van der Waals surface area contributed by atoms with Crippen LogP contribution in [0.15, 0.2) is 30.8 Å². The molecule has 0 radical (unpaired) electrons. The lowest BCUT2D eigenvalue weighted by Crippen LogP contribution is -2.08. The Bertz CT molecular complexity index is 966. The highest BCUT2D eigenvalue weighted by atomic mass is 35.5. The van der Waals surface area contributed by atoms with E-state index < -0.39 is 0 Å². The molecule has 0 aliphatic rings. The second-order valence-electron chi connectivity index (χ2n) is 7.17. The highest BCUT2D eigenvalue weighted by molar-refractivity contribution is 7.15. The third-order valence-electron chi connectivity index (χ3n) is 5.18. The van der Waals surface area contributed by atoms with Crippen molar-refractivity contribution in [3.05, 3.63) is 69.1 Å². The van der Waals surface area contributed by atoms with Gasteiger partial charge in [0.05, 0.1) is 0 Å². The highest BCUT2D eigenvalue weighted by Gasteiger charge is 2.22. The van der Waals surface area contributed by atoms with Crippen molar-refractivity contribution in [3.8, 4) is 5.00 Å². The summed E-state index contributed by atoms with van der Waals surface area (Å²) in [6.45, 7) is 15.2. The monoisotopic (exact) mass is 399 g/mol. The quantitative estimate of drug-likeness (QED) is 0.470. The molecule has 0 bridgehead atoms. The normalized spacial score (nSPS) is 12.4. The third-order valence-corrected chi connectivity index (χ3v) is 6.63. The molecule has 3 aromatic rings. The Kier molecular flexibility index (Phi) is 5.87. The fourth-order valence-electron chi connectivity index (χ4n) is 3.18. The first-order valence-corrected chi connectivity index (χ1v) is 10.5. The van der Waals surface area contributed by atoms with Crippen LogP contribution in [0, 0.1) is 26.7 Å². The average Bonchev–Trinajstić information content (AvgIpc) is 3.14. The van der Waals surface area contributed by atoms with Crippen LogP contribution in [0.3, 0.4) is 0 Å². The van der Waals surface area contributed by atoms with Crippen molar-refractivity contribution >= 4 is 28.5 Å². The van der Waals surface area contributed by atoms with Crippen LogP contribution in [0.2, 0.25) is 5.02 Å². The molecule has 2 heterocycles. The van der Waals surface area contributed by atoms with Gasteiger partial charge in [0.15, 0.2) is 0 Å². The van der Waals surface area contributed by atoms with Crippen LogP contribution in [0.4, 0.5) is 0 Å². The maximum atomic E-state index is 6.07. The number of thiophene rings is 1. The largest absolute Gasteiger partial charge is 0.273 e. The first kappa shape index (κ1) is 19.8. The molecule has 142 valence electrons. The van der Waals surface area contributed by atoms with Crippen LogP contribution in [0.25, 0.3) is 10.6 Å². The molecule has 27 heavy (non-hydrogen) atoms. The Hall–Kier alpha value is -1.91. The smallest absolute Gasteiger partial charge is 0.138 e. The molecular weight excluding hydrogens is 374 g/mol. The molecule has 0 fully saturated rings. The van der Waals surface area contributed by atoms with Gasteiger partial charge in [-0.05, 0) is 55.5 Å². The van der Waals surface area contributed by atoms with E-state index in [0.717, 1.165) is 45.7 Å². The zero-order chi connectivity index (χ0) is 19.7. The predicted octanol–water partition coefficient (Wildman–Crippen LogP) is 6.56. The summed E-state index contributed by atoms with van der Waals surface area (Å²) in [6.07, 6.45) is 2.04. The summed E-state index contributed by atoms with van der Waals surface area (Å²) in [4.78, 5) is 1.29. The lowest BCUT2D eigenvalue weighted by molar-refractivity contribution is 0.538. The number of halogens is 1. The number of nitrogens with zero attached hydrogens (tertiary/aromatic N) is 3. The molecule has 0 spiro atoms. The summed E-state index contributed by atoms with van der Waals surface area (Å²) in [5.74, 6) is 2.50. The standard InChI is InChI=1S/C22H26ClN3S/c1-7-13(2)12-20-25-24-17(6)26(20)22-21(14(3)16(5)27-22)15(4)18-8-10-19(23)11-9-18/h8-11,13H,4,7,12H2,1-3,5-6H3/t13-/m1/s1. The SMILES string of the molecule is C=C(c1ccc(Cl)cc1)c1c(-n2c(C)nnc2C[C@H](C)CC)sc(C)c1C. The number of aryl methyl sites for hydroxylation is 2. The Balaban J connectivity index is 2.14. The Labute approximate surface area is 170 Å². The van der Waals surface area contributed by atoms with Crippen LogP contribution >= 0.6 is 22.9 Å². The summed E-state index contributed by atoms with van der Waals surface area (Å²) < 4.78 is 2.22. The summed E-state index contributed by atoms with van der Waals surface area (Å²) in [5.41, 5.74) is 4.52. The zero-order valence-corrected chi connectivity index (χ0v) is 18.2. The second kappa shape index (κ2) is 7.99. The van der Waals surface area contributed by atoms with Crippen molar-refractivity contribution in [2.24, 2.45) is 5.92 Å². The van der Waals surface area contributed by atoms with Crippen LogP contribution in [-0.2, 0) is 6.42 Å². The fourth-order valence-corrected chi connectivity index (χ4v) is 4.55. The van der Waals surface area contributed by atoms with Gasteiger partial charge >= 0.3 is 0 Å². The maximum absolute atomic E-state index is 6.07. The molecule has 2 aromatic heterocycles. The van der Waals surface area contributed by atoms with E-state index in [1.165, 1.54) is 16.0 Å². The minimum atomic E-state index is 0.567. The van der Waals surface area contributed by atoms with Crippen LogP contribution in [0.5, 0.6) is 0 Å². The number of hydrogen-bond donors (Lipinski definition) is 0. The molecule has 0 saturated heterocycles. The van der Waals surface area contributed by atoms with Crippen molar-refractivity contribution in [1.29, 1.82) is 0 Å². The molecule has 0 amide bonds. The number of aromatic nitrogens is 3. The molecule has 3 rings (SSSR count). The Morgan fingerprint density at radius 1 is 1.19 bits per heavy atom. The van der Waals surface area contributed by atoms with Gasteiger partial charge in [-0.2, -0.15) is 0 Å². The summed E-state index contributed by atoms with van der Waals surface area (Å²) >= 11 is 7.85. The second-order valence-corrected chi connectivity index (χ2v) is 8.80. The summed E-state index contributed by atoms with van der Waals surface area (Å²) in [5, 5.41) is 10.7. The Morgan fingerprint density at radius 2 is 1.85 bits per heavy atom. The molecule has 0 aliphatic heterocycles. The zero-order valence-electron chi connectivity index (χ0n) is 16.6. The van der Waals surface area contributed by atoms with Gasteiger partial charge < -0.3 is 0 Å². The van der Waals surface area contributed by atoms with Gasteiger partial charge in [0.2, 0.25) is 0 Å². The minimum absolute atomic E-state index is 0.567. The van der Waals surface area contributed by atoms with Crippen molar-refractivity contribution in [3.63, 3.8) is 0 Å². The molecule has 3 nitrogen and oxygen atoms in total. The molecule has 0 N–H and O–H groups in total. The summed E-state index contributed by atoms with van der Waals surface area (Å²) in [6, 6.07) is 7.88. The average molecular weight is 400 g/mol. The fraction of sp³-hybridized carbons (Fsp3) is 0.364. The van der Waals surface area contributed by atoms with E-state index in [2.05, 4.69) is 49.0 Å². The highest BCUT2D eigenvalue weighted by Crippen LogP contribution is 2.39. The van der Waals surface area contributed by atoms with Gasteiger partial charge in [0.1, 0.15) is 16.6 Å². The minimum Gasteiger partial charge on any atom is -0.273 e. The molecule has 1 atom stereocenters. The molecule has 1 aromatic carbocycles. The molecule has 0 unspecified atom stereocenters. The van der Waals surface area contributed by atoms with E-state index in [9.17, 15) is 0 Å². The lowest BCUT2D eigenvalue weighted by Gasteiger charge is -2.14. The summed E-state index contributed by atoms with van der Waals surface area (Å²) in [7, 11) is 0. The van der Waals surface area contributed by atoms with Gasteiger partial charge in [-0.15, -0.1) is 21.5 Å².